The number of carbonyl (C=O) groups excluding carboxylic acids is 1. The lowest BCUT2D eigenvalue weighted by molar-refractivity contribution is -0.0546. The van der Waals surface area contributed by atoms with Crippen molar-refractivity contribution in [3.05, 3.63) is 58.1 Å². The second-order valence-electron chi connectivity index (χ2n) is 9.25. The highest BCUT2D eigenvalue weighted by atomic mass is 19.1. The zero-order valence-corrected chi connectivity index (χ0v) is 19.8. The molecule has 1 saturated heterocycles. The number of hydrogen-bond donors (Lipinski definition) is 3. The summed E-state index contributed by atoms with van der Waals surface area (Å²) in [6, 6.07) is 9.47. The van der Waals surface area contributed by atoms with Crippen LogP contribution in [0.25, 0.3) is 33.3 Å². The van der Waals surface area contributed by atoms with Gasteiger partial charge in [0.2, 0.25) is 0 Å². The van der Waals surface area contributed by atoms with Crippen molar-refractivity contribution >= 4 is 33.5 Å². The molecule has 182 valence electrons. The number of likely N-dealkylation sites (N-methyl/N-ethyl adjacent to an activating group) is 1. The first-order valence-electron chi connectivity index (χ1n) is 11.4. The maximum atomic E-state index is 14.4. The van der Waals surface area contributed by atoms with Crippen molar-refractivity contribution in [1.29, 1.82) is 0 Å². The molecule has 2 aromatic heterocycles. The van der Waals surface area contributed by atoms with Gasteiger partial charge in [0.1, 0.15) is 17.2 Å². The lowest BCUT2D eigenvalue weighted by Crippen LogP contribution is -2.53. The lowest BCUT2D eigenvalue weighted by atomic mass is 10.1. The first kappa shape index (κ1) is 23.0. The first-order valence-corrected chi connectivity index (χ1v) is 11.4. The van der Waals surface area contributed by atoms with Crippen LogP contribution in [0.15, 0.2) is 41.2 Å². The van der Waals surface area contributed by atoms with E-state index in [9.17, 15) is 14.0 Å². The zero-order valence-electron chi connectivity index (χ0n) is 19.8. The third-order valence-electron chi connectivity index (χ3n) is 6.33. The molecule has 4 aromatic rings. The average molecular weight is 479 g/mol. The van der Waals surface area contributed by atoms with E-state index in [4.69, 9.17) is 10.5 Å². The third kappa shape index (κ3) is 4.15. The number of pyridine rings is 1. The van der Waals surface area contributed by atoms with Crippen LogP contribution in [-0.2, 0) is 4.74 Å². The number of halogens is 1. The van der Waals surface area contributed by atoms with Crippen LogP contribution in [0.4, 0.5) is 10.1 Å². The van der Waals surface area contributed by atoms with Gasteiger partial charge in [-0.15, -0.1) is 0 Å². The Morgan fingerprint density at radius 2 is 2.06 bits per heavy atom. The maximum absolute atomic E-state index is 14.4. The van der Waals surface area contributed by atoms with Crippen molar-refractivity contribution < 1.29 is 13.9 Å². The second kappa shape index (κ2) is 8.79. The van der Waals surface area contributed by atoms with Crippen LogP contribution in [0.1, 0.15) is 17.3 Å². The molecule has 2 aromatic carbocycles. The number of hydrogen-bond acceptors (Lipinski definition) is 6. The molecule has 0 unspecified atom stereocenters. The predicted octanol–water partition coefficient (Wildman–Crippen LogP) is 2.58. The molecule has 10 heteroatoms. The molecular formula is C25H27FN6O3. The maximum Gasteiger partial charge on any atom is 0.261 e. The smallest absolute Gasteiger partial charge is 0.261 e. The molecule has 0 radical (unpaired) electrons. The van der Waals surface area contributed by atoms with E-state index in [-0.39, 0.29) is 40.5 Å². The number of imidazole rings is 1. The number of rotatable bonds is 4. The van der Waals surface area contributed by atoms with Gasteiger partial charge in [-0.3, -0.25) is 9.59 Å². The summed E-state index contributed by atoms with van der Waals surface area (Å²) in [5.74, 6) is -0.430. The minimum Gasteiger partial charge on any atom is -0.397 e. The number of nitrogens with two attached hydrogens (primary N) is 1. The zero-order chi connectivity index (χ0) is 24.9. The Bertz CT molecular complexity index is 1490. The predicted molar refractivity (Wildman–Crippen MR) is 133 cm³/mol. The van der Waals surface area contributed by atoms with Gasteiger partial charge in [-0.25, -0.2) is 9.37 Å². The largest absolute Gasteiger partial charge is 0.397 e. The van der Waals surface area contributed by atoms with Gasteiger partial charge in [0.25, 0.3) is 11.5 Å². The summed E-state index contributed by atoms with van der Waals surface area (Å²) >= 11 is 0. The van der Waals surface area contributed by atoms with Gasteiger partial charge >= 0.3 is 0 Å². The number of anilines is 1. The average Bonchev–Trinajstić information content (AvgIpc) is 3.22. The standard InChI is InChI=1S/C25H27FN6O3/c1-13-12-35-15(10-31(2)3)11-32(13)25(34)14-7-8-17-19(9-14)29-23(28-17)21-22(27)20-16(26)5-4-6-18(20)30-24(21)33/h4-9,13,15H,10-12H2,1-3H3,(H,28,29)(H3,27,30,33)/t13-,15+/m0/s1. The molecular weight excluding hydrogens is 451 g/mol. The number of carbonyl (C=O) groups is 1. The molecule has 1 aliphatic rings. The number of nitrogen functional groups attached to an aromatic ring is 1. The third-order valence-corrected chi connectivity index (χ3v) is 6.33. The van der Waals surface area contributed by atoms with E-state index >= 15 is 0 Å². The fourth-order valence-corrected chi connectivity index (χ4v) is 4.61. The fraction of sp³-hybridized carbons (Fsp3) is 0.320. The number of morpholine rings is 1. The SMILES string of the molecule is C[C@H]1CO[C@H](CN(C)C)CN1C(=O)c1ccc2nc(-c3c(N)c4c(F)cccc4[nH]c3=O)[nH]c2c1. The van der Waals surface area contributed by atoms with Gasteiger partial charge in [0.05, 0.1) is 46.4 Å². The monoisotopic (exact) mass is 478 g/mol. The summed E-state index contributed by atoms with van der Waals surface area (Å²) < 4.78 is 20.3. The highest BCUT2D eigenvalue weighted by Gasteiger charge is 2.30. The van der Waals surface area contributed by atoms with Crippen molar-refractivity contribution in [3.63, 3.8) is 0 Å². The highest BCUT2D eigenvalue weighted by molar-refractivity contribution is 6.00. The fourth-order valence-electron chi connectivity index (χ4n) is 4.61. The van der Waals surface area contributed by atoms with Gasteiger partial charge in [-0.2, -0.15) is 0 Å². The van der Waals surface area contributed by atoms with E-state index in [1.807, 2.05) is 30.8 Å². The van der Waals surface area contributed by atoms with Gasteiger partial charge < -0.3 is 30.2 Å². The van der Waals surface area contributed by atoms with Gasteiger partial charge in [0, 0.05) is 18.7 Å². The van der Waals surface area contributed by atoms with E-state index < -0.39 is 11.4 Å². The van der Waals surface area contributed by atoms with Crippen molar-refractivity contribution in [2.75, 3.05) is 39.5 Å². The minimum atomic E-state index is -0.534. The molecule has 0 aliphatic carbocycles. The number of nitrogens with one attached hydrogen (secondary N) is 2. The number of amides is 1. The topological polar surface area (TPSA) is 120 Å². The minimum absolute atomic E-state index is 0.00582. The first-order chi connectivity index (χ1) is 16.7. The number of H-pyrrole nitrogens is 2. The van der Waals surface area contributed by atoms with E-state index in [2.05, 4.69) is 15.0 Å². The molecule has 3 heterocycles. The Balaban J connectivity index is 1.50. The quantitative estimate of drug-likeness (QED) is 0.415. The van der Waals surface area contributed by atoms with Crippen molar-refractivity contribution in [2.45, 2.75) is 19.1 Å². The number of aromatic amines is 2. The number of benzene rings is 2. The Kier molecular flexibility index (Phi) is 5.78. The molecule has 0 saturated carbocycles. The second-order valence-corrected chi connectivity index (χ2v) is 9.25. The van der Waals surface area contributed by atoms with E-state index in [1.165, 1.54) is 12.1 Å². The number of nitrogens with zero attached hydrogens (tertiary/aromatic N) is 3. The van der Waals surface area contributed by atoms with E-state index in [1.54, 1.807) is 24.3 Å². The molecule has 1 aliphatic heterocycles. The number of fused-ring (bicyclic) bond motifs is 2. The molecule has 0 bridgehead atoms. The summed E-state index contributed by atoms with van der Waals surface area (Å²) in [4.78, 5) is 40.2. The van der Waals surface area contributed by atoms with Crippen molar-refractivity contribution in [3.8, 4) is 11.4 Å². The van der Waals surface area contributed by atoms with E-state index in [0.29, 0.717) is 35.3 Å². The summed E-state index contributed by atoms with van der Waals surface area (Å²) in [7, 11) is 3.94. The normalized spacial score (nSPS) is 18.6. The van der Waals surface area contributed by atoms with Crippen LogP contribution in [0.2, 0.25) is 0 Å². The van der Waals surface area contributed by atoms with E-state index in [0.717, 1.165) is 6.54 Å². The summed E-state index contributed by atoms with van der Waals surface area (Å²) in [6.45, 7) is 3.66. The molecule has 2 atom stereocenters. The summed E-state index contributed by atoms with van der Waals surface area (Å²) in [5.41, 5.74) is 7.74. The Hall–Kier alpha value is -3.76. The van der Waals surface area contributed by atoms with Gasteiger partial charge in [-0.05, 0) is 51.4 Å². The summed E-state index contributed by atoms with van der Waals surface area (Å²) in [6.07, 6.45) is -0.0596. The highest BCUT2D eigenvalue weighted by Crippen LogP contribution is 2.30. The Morgan fingerprint density at radius 1 is 1.26 bits per heavy atom. The van der Waals surface area contributed by atoms with Crippen LogP contribution < -0.4 is 11.3 Å². The summed E-state index contributed by atoms with van der Waals surface area (Å²) in [5, 5.41) is 0.131. The molecule has 1 fully saturated rings. The van der Waals surface area contributed by atoms with Crippen LogP contribution in [0.5, 0.6) is 0 Å². The van der Waals surface area contributed by atoms with Crippen LogP contribution in [0, 0.1) is 5.82 Å². The lowest BCUT2D eigenvalue weighted by Gasteiger charge is -2.39. The van der Waals surface area contributed by atoms with Crippen LogP contribution >= 0.6 is 0 Å². The Morgan fingerprint density at radius 3 is 2.83 bits per heavy atom. The number of ether oxygens (including phenoxy) is 1. The molecule has 35 heavy (non-hydrogen) atoms. The van der Waals surface area contributed by atoms with Gasteiger partial charge in [0.15, 0.2) is 0 Å². The van der Waals surface area contributed by atoms with Crippen molar-refractivity contribution in [1.82, 2.24) is 24.8 Å². The molecule has 1 amide bonds. The molecule has 5 rings (SSSR count). The number of aromatic nitrogens is 3. The van der Waals surface area contributed by atoms with Crippen LogP contribution in [0.3, 0.4) is 0 Å². The molecule has 9 nitrogen and oxygen atoms in total. The molecule has 4 N–H and O–H groups in total. The van der Waals surface area contributed by atoms with Gasteiger partial charge in [-0.1, -0.05) is 6.07 Å². The van der Waals surface area contributed by atoms with Crippen LogP contribution in [-0.4, -0.2) is 76.6 Å². The van der Waals surface area contributed by atoms with Crippen molar-refractivity contribution in [2.24, 2.45) is 0 Å². The Labute approximate surface area is 200 Å². The molecule has 0 spiro atoms.